The maximum atomic E-state index is 11.5. The quantitative estimate of drug-likeness (QED) is 0.592. The summed E-state index contributed by atoms with van der Waals surface area (Å²) in [6.07, 6.45) is 2.07. The third kappa shape index (κ3) is 5.79. The van der Waals surface area contributed by atoms with E-state index in [1.165, 1.54) is 0 Å². The fourth-order valence-corrected chi connectivity index (χ4v) is 2.67. The lowest BCUT2D eigenvalue weighted by atomic mass is 10.1. The van der Waals surface area contributed by atoms with Crippen molar-refractivity contribution < 1.29 is 13.2 Å². The van der Waals surface area contributed by atoms with Gasteiger partial charge in [0.25, 0.3) is 0 Å². The number of ether oxygens (including phenoxy) is 1. The summed E-state index contributed by atoms with van der Waals surface area (Å²) in [7, 11) is -3.14. The molecule has 5 nitrogen and oxygen atoms in total. The van der Waals surface area contributed by atoms with E-state index in [4.69, 9.17) is 4.74 Å². The Balaban J connectivity index is 2.09. The molecule has 6 heteroatoms. The lowest BCUT2D eigenvalue weighted by Gasteiger charge is -2.09. The zero-order valence-electron chi connectivity index (χ0n) is 9.87. The van der Waals surface area contributed by atoms with Crippen LogP contribution in [0, 0.1) is 5.92 Å². The van der Waals surface area contributed by atoms with E-state index in [2.05, 4.69) is 10.0 Å². The van der Waals surface area contributed by atoms with Crippen molar-refractivity contribution in [3.63, 3.8) is 0 Å². The van der Waals surface area contributed by atoms with Gasteiger partial charge in [0.05, 0.1) is 12.4 Å². The van der Waals surface area contributed by atoms with Gasteiger partial charge in [0.2, 0.25) is 10.0 Å². The Labute approximate surface area is 98.0 Å². The van der Waals surface area contributed by atoms with Crippen LogP contribution in [0.3, 0.4) is 0 Å². The molecule has 0 aliphatic carbocycles. The molecular formula is C10H22N2O3S. The number of nitrogens with one attached hydrogen (secondary N) is 2. The molecule has 16 heavy (non-hydrogen) atoms. The van der Waals surface area contributed by atoms with Crippen LogP contribution in [0.2, 0.25) is 0 Å². The number of sulfonamides is 1. The van der Waals surface area contributed by atoms with E-state index in [0.29, 0.717) is 19.1 Å². The van der Waals surface area contributed by atoms with E-state index in [9.17, 15) is 8.42 Å². The summed E-state index contributed by atoms with van der Waals surface area (Å²) in [6.45, 7) is 5.30. The Kier molecular flexibility index (Phi) is 6.26. The molecule has 0 aromatic carbocycles. The van der Waals surface area contributed by atoms with Gasteiger partial charge in [0, 0.05) is 13.2 Å². The van der Waals surface area contributed by atoms with Gasteiger partial charge in [0.15, 0.2) is 0 Å². The van der Waals surface area contributed by atoms with Gasteiger partial charge in [-0.25, -0.2) is 13.1 Å². The molecule has 1 aliphatic rings. The Morgan fingerprint density at radius 2 is 2.31 bits per heavy atom. The minimum atomic E-state index is -3.14. The molecule has 1 atom stereocenters. The van der Waals surface area contributed by atoms with Crippen molar-refractivity contribution in [3.05, 3.63) is 0 Å². The summed E-state index contributed by atoms with van der Waals surface area (Å²) in [5.41, 5.74) is 0. The second-order valence-electron chi connectivity index (χ2n) is 4.06. The van der Waals surface area contributed by atoms with Crippen molar-refractivity contribution in [3.8, 4) is 0 Å². The Morgan fingerprint density at radius 1 is 1.50 bits per heavy atom. The first-order valence-electron chi connectivity index (χ1n) is 5.90. The van der Waals surface area contributed by atoms with Gasteiger partial charge in [0.1, 0.15) is 0 Å². The average Bonchev–Trinajstić information content (AvgIpc) is 2.70. The van der Waals surface area contributed by atoms with Crippen LogP contribution in [0.1, 0.15) is 19.8 Å². The first kappa shape index (κ1) is 13.9. The van der Waals surface area contributed by atoms with Crippen LogP contribution in [0.4, 0.5) is 0 Å². The normalized spacial score (nSPS) is 21.4. The molecule has 1 rings (SSSR count). The summed E-state index contributed by atoms with van der Waals surface area (Å²) in [4.78, 5) is 0. The fraction of sp³-hybridized carbons (Fsp3) is 1.00. The van der Waals surface area contributed by atoms with Crippen molar-refractivity contribution >= 4 is 10.0 Å². The first-order valence-corrected chi connectivity index (χ1v) is 7.55. The SMILES string of the molecule is CCOCCS(=O)(=O)NCCC1CCNC1. The molecule has 1 fully saturated rings. The summed E-state index contributed by atoms with van der Waals surface area (Å²) >= 11 is 0. The maximum absolute atomic E-state index is 11.5. The topological polar surface area (TPSA) is 67.4 Å². The van der Waals surface area contributed by atoms with Crippen LogP contribution in [-0.2, 0) is 14.8 Å². The molecule has 1 heterocycles. The standard InChI is InChI=1S/C10H22N2O3S/c1-2-15-7-8-16(13,14)12-6-4-10-3-5-11-9-10/h10-12H,2-9H2,1H3. The van der Waals surface area contributed by atoms with Gasteiger partial charge in [-0.1, -0.05) is 0 Å². The highest BCUT2D eigenvalue weighted by molar-refractivity contribution is 7.89. The van der Waals surface area contributed by atoms with Gasteiger partial charge < -0.3 is 10.1 Å². The van der Waals surface area contributed by atoms with Gasteiger partial charge >= 0.3 is 0 Å². The van der Waals surface area contributed by atoms with Gasteiger partial charge in [-0.15, -0.1) is 0 Å². The molecule has 0 radical (unpaired) electrons. The molecule has 0 saturated carbocycles. The molecule has 0 aromatic rings. The average molecular weight is 250 g/mol. The van der Waals surface area contributed by atoms with Crippen LogP contribution >= 0.6 is 0 Å². The zero-order valence-corrected chi connectivity index (χ0v) is 10.7. The summed E-state index contributed by atoms with van der Waals surface area (Å²) in [5.74, 6) is 0.679. The smallest absolute Gasteiger partial charge is 0.213 e. The predicted molar refractivity (Wildman–Crippen MR) is 63.9 cm³/mol. The Morgan fingerprint density at radius 3 is 2.94 bits per heavy atom. The number of hydrogen-bond donors (Lipinski definition) is 2. The van der Waals surface area contributed by atoms with Crippen molar-refractivity contribution in [1.82, 2.24) is 10.0 Å². The Bertz CT molecular complexity index is 274. The highest BCUT2D eigenvalue weighted by Gasteiger charge is 2.15. The van der Waals surface area contributed by atoms with Crippen LogP contribution in [0.15, 0.2) is 0 Å². The number of rotatable bonds is 8. The first-order chi connectivity index (χ1) is 7.64. The summed E-state index contributed by atoms with van der Waals surface area (Å²) in [6, 6.07) is 0. The Hall–Kier alpha value is -0.170. The highest BCUT2D eigenvalue weighted by Crippen LogP contribution is 2.10. The van der Waals surface area contributed by atoms with Crippen LogP contribution in [0.5, 0.6) is 0 Å². The van der Waals surface area contributed by atoms with E-state index >= 15 is 0 Å². The molecule has 2 N–H and O–H groups in total. The summed E-state index contributed by atoms with van der Waals surface area (Å²) in [5, 5.41) is 3.26. The second kappa shape index (κ2) is 7.21. The molecule has 1 unspecified atom stereocenters. The van der Waals surface area contributed by atoms with E-state index in [-0.39, 0.29) is 12.4 Å². The van der Waals surface area contributed by atoms with Crippen molar-refractivity contribution in [2.45, 2.75) is 19.8 Å². The molecule has 0 amide bonds. The third-order valence-electron chi connectivity index (χ3n) is 2.74. The maximum Gasteiger partial charge on any atom is 0.213 e. The van der Waals surface area contributed by atoms with Gasteiger partial charge in [-0.2, -0.15) is 0 Å². The fourth-order valence-electron chi connectivity index (χ4n) is 1.76. The highest BCUT2D eigenvalue weighted by atomic mass is 32.2. The lowest BCUT2D eigenvalue weighted by Crippen LogP contribution is -2.30. The monoisotopic (exact) mass is 250 g/mol. The van der Waals surface area contributed by atoms with Gasteiger partial charge in [-0.3, -0.25) is 0 Å². The zero-order chi connectivity index (χ0) is 11.9. The predicted octanol–water partition coefficient (Wildman–Crippen LogP) is -0.0581. The molecular weight excluding hydrogens is 228 g/mol. The van der Waals surface area contributed by atoms with E-state index in [1.54, 1.807) is 0 Å². The summed E-state index contributed by atoms with van der Waals surface area (Å²) < 4.78 is 30.6. The van der Waals surface area contributed by atoms with E-state index < -0.39 is 10.0 Å². The lowest BCUT2D eigenvalue weighted by molar-refractivity contribution is 0.163. The third-order valence-corrected chi connectivity index (χ3v) is 4.09. The molecule has 0 spiro atoms. The van der Waals surface area contributed by atoms with E-state index in [0.717, 1.165) is 25.9 Å². The minimum Gasteiger partial charge on any atom is -0.381 e. The van der Waals surface area contributed by atoms with Crippen LogP contribution < -0.4 is 10.0 Å². The molecule has 1 aliphatic heterocycles. The minimum absolute atomic E-state index is 0.0593. The molecule has 96 valence electrons. The molecule has 0 bridgehead atoms. The van der Waals surface area contributed by atoms with Crippen molar-refractivity contribution in [2.75, 3.05) is 38.6 Å². The van der Waals surface area contributed by atoms with E-state index in [1.807, 2.05) is 6.92 Å². The largest absolute Gasteiger partial charge is 0.381 e. The second-order valence-corrected chi connectivity index (χ2v) is 5.98. The molecule has 0 aromatic heterocycles. The van der Waals surface area contributed by atoms with Crippen molar-refractivity contribution in [1.29, 1.82) is 0 Å². The van der Waals surface area contributed by atoms with Crippen LogP contribution in [-0.4, -0.2) is 47.0 Å². The molecule has 1 saturated heterocycles. The van der Waals surface area contributed by atoms with Crippen molar-refractivity contribution in [2.24, 2.45) is 5.92 Å². The number of hydrogen-bond acceptors (Lipinski definition) is 4. The van der Waals surface area contributed by atoms with Gasteiger partial charge in [-0.05, 0) is 38.8 Å². The van der Waals surface area contributed by atoms with Crippen LogP contribution in [0.25, 0.3) is 0 Å².